The molecule has 0 fully saturated rings. The number of hydroxylamine groups is 1. The van der Waals surface area contributed by atoms with Gasteiger partial charge in [0.2, 0.25) is 0 Å². The molecule has 0 atom stereocenters. The van der Waals surface area contributed by atoms with Crippen LogP contribution >= 0.6 is 0 Å². The first-order valence-corrected chi connectivity index (χ1v) is 3.85. The molecule has 1 aromatic heterocycles. The van der Waals surface area contributed by atoms with E-state index in [0.717, 1.165) is 0 Å². The van der Waals surface area contributed by atoms with Crippen LogP contribution in [0.4, 0.5) is 10.2 Å². The third-order valence-corrected chi connectivity index (χ3v) is 1.68. The number of nitrogens with zero attached hydrogens (tertiary/aromatic N) is 3. The average molecular weight is 185 g/mol. The normalized spacial score (nSPS) is 10.2. The van der Waals surface area contributed by atoms with E-state index in [1.54, 1.807) is 20.9 Å². The Morgan fingerprint density at radius 2 is 1.92 bits per heavy atom. The number of rotatable bonds is 2. The minimum atomic E-state index is -0.449. The second-order valence-electron chi connectivity index (χ2n) is 2.67. The predicted molar refractivity (Wildman–Crippen MR) is 46.9 cm³/mol. The molecule has 13 heavy (non-hydrogen) atoms. The SMILES string of the molecule is CON(C)c1nc(C)nc(C)c1F. The molecule has 0 aliphatic heterocycles. The van der Waals surface area contributed by atoms with Gasteiger partial charge in [0, 0.05) is 7.05 Å². The van der Waals surface area contributed by atoms with E-state index in [2.05, 4.69) is 9.97 Å². The van der Waals surface area contributed by atoms with Gasteiger partial charge in [0.15, 0.2) is 11.6 Å². The smallest absolute Gasteiger partial charge is 0.192 e. The molecule has 0 aliphatic carbocycles. The lowest BCUT2D eigenvalue weighted by atomic mass is 10.4. The fourth-order valence-corrected chi connectivity index (χ4v) is 0.976. The van der Waals surface area contributed by atoms with Gasteiger partial charge in [-0.15, -0.1) is 0 Å². The maximum absolute atomic E-state index is 13.4. The van der Waals surface area contributed by atoms with Crippen molar-refractivity contribution in [2.45, 2.75) is 13.8 Å². The van der Waals surface area contributed by atoms with Crippen molar-refractivity contribution in [3.8, 4) is 0 Å². The van der Waals surface area contributed by atoms with Crippen molar-refractivity contribution >= 4 is 5.82 Å². The van der Waals surface area contributed by atoms with Crippen LogP contribution in [0.2, 0.25) is 0 Å². The summed E-state index contributed by atoms with van der Waals surface area (Å²) in [5.41, 5.74) is 0.325. The molecule has 1 heterocycles. The Labute approximate surface area is 76.3 Å². The zero-order valence-electron chi connectivity index (χ0n) is 8.13. The highest BCUT2D eigenvalue weighted by molar-refractivity contribution is 5.37. The number of aromatic nitrogens is 2. The first kappa shape index (κ1) is 9.85. The van der Waals surface area contributed by atoms with Crippen LogP contribution < -0.4 is 5.06 Å². The van der Waals surface area contributed by atoms with E-state index in [9.17, 15) is 4.39 Å². The number of hydrogen-bond acceptors (Lipinski definition) is 4. The molecular formula is C8H12FN3O. The van der Waals surface area contributed by atoms with Crippen LogP contribution in [0, 0.1) is 19.7 Å². The van der Waals surface area contributed by atoms with E-state index in [0.29, 0.717) is 11.5 Å². The van der Waals surface area contributed by atoms with Crippen molar-refractivity contribution in [3.05, 3.63) is 17.3 Å². The molecule has 0 saturated carbocycles. The Hall–Kier alpha value is -1.23. The Bertz CT molecular complexity index is 317. The van der Waals surface area contributed by atoms with Crippen LogP contribution in [-0.4, -0.2) is 24.1 Å². The zero-order valence-corrected chi connectivity index (χ0v) is 8.13. The van der Waals surface area contributed by atoms with Crippen LogP contribution in [0.15, 0.2) is 0 Å². The molecule has 1 aromatic rings. The summed E-state index contributed by atoms with van der Waals surface area (Å²) in [4.78, 5) is 12.6. The molecule has 0 aromatic carbocycles. The Morgan fingerprint density at radius 1 is 1.31 bits per heavy atom. The summed E-state index contributed by atoms with van der Waals surface area (Å²) in [5, 5.41) is 1.26. The van der Waals surface area contributed by atoms with Crippen LogP contribution in [0.5, 0.6) is 0 Å². The van der Waals surface area contributed by atoms with Gasteiger partial charge in [0.25, 0.3) is 0 Å². The largest absolute Gasteiger partial charge is 0.276 e. The summed E-state index contributed by atoms with van der Waals surface area (Å²) < 4.78 is 13.4. The lowest BCUT2D eigenvalue weighted by molar-refractivity contribution is 0.179. The summed E-state index contributed by atoms with van der Waals surface area (Å²) in [7, 11) is 3.04. The minimum Gasteiger partial charge on any atom is -0.276 e. The second kappa shape index (κ2) is 3.66. The third kappa shape index (κ3) is 1.92. The average Bonchev–Trinajstić information content (AvgIpc) is 2.10. The van der Waals surface area contributed by atoms with Gasteiger partial charge in [0.1, 0.15) is 5.82 Å². The molecule has 0 amide bonds. The van der Waals surface area contributed by atoms with E-state index in [1.165, 1.54) is 12.2 Å². The van der Waals surface area contributed by atoms with Crippen molar-refractivity contribution in [2.24, 2.45) is 0 Å². The molecular weight excluding hydrogens is 173 g/mol. The molecule has 0 saturated heterocycles. The van der Waals surface area contributed by atoms with E-state index >= 15 is 0 Å². The van der Waals surface area contributed by atoms with E-state index in [4.69, 9.17) is 4.84 Å². The van der Waals surface area contributed by atoms with E-state index in [1.807, 2.05) is 0 Å². The Kier molecular flexibility index (Phi) is 2.77. The lowest BCUT2D eigenvalue weighted by Crippen LogP contribution is -2.19. The summed E-state index contributed by atoms with van der Waals surface area (Å²) in [6, 6.07) is 0. The van der Waals surface area contributed by atoms with Crippen LogP contribution in [0.25, 0.3) is 0 Å². The number of aryl methyl sites for hydroxylation is 2. The van der Waals surface area contributed by atoms with Gasteiger partial charge in [0.05, 0.1) is 12.8 Å². The van der Waals surface area contributed by atoms with Crippen LogP contribution in [0.3, 0.4) is 0 Å². The quantitative estimate of drug-likeness (QED) is 0.649. The van der Waals surface area contributed by atoms with Gasteiger partial charge in [-0.3, -0.25) is 4.84 Å². The van der Waals surface area contributed by atoms with E-state index in [-0.39, 0.29) is 5.82 Å². The van der Waals surface area contributed by atoms with Crippen LogP contribution in [-0.2, 0) is 4.84 Å². The molecule has 0 spiro atoms. The molecule has 0 radical (unpaired) electrons. The van der Waals surface area contributed by atoms with Gasteiger partial charge < -0.3 is 0 Å². The van der Waals surface area contributed by atoms with Gasteiger partial charge >= 0.3 is 0 Å². The standard InChI is InChI=1S/C8H12FN3O/c1-5-7(9)8(12(3)13-4)11-6(2)10-5/h1-4H3. The Morgan fingerprint density at radius 3 is 2.46 bits per heavy atom. The maximum atomic E-state index is 13.4. The highest BCUT2D eigenvalue weighted by Crippen LogP contribution is 2.16. The third-order valence-electron chi connectivity index (χ3n) is 1.68. The molecule has 0 aliphatic rings. The summed E-state index contributed by atoms with van der Waals surface area (Å²) >= 11 is 0. The van der Waals surface area contributed by atoms with Crippen molar-refractivity contribution in [3.63, 3.8) is 0 Å². The lowest BCUT2D eigenvalue weighted by Gasteiger charge is -2.16. The molecule has 5 heteroatoms. The molecule has 4 nitrogen and oxygen atoms in total. The van der Waals surface area contributed by atoms with Crippen molar-refractivity contribution in [1.82, 2.24) is 9.97 Å². The van der Waals surface area contributed by atoms with Gasteiger partial charge in [-0.2, -0.15) is 0 Å². The highest BCUT2D eigenvalue weighted by Gasteiger charge is 2.13. The first-order valence-electron chi connectivity index (χ1n) is 3.85. The van der Waals surface area contributed by atoms with E-state index < -0.39 is 5.82 Å². The highest BCUT2D eigenvalue weighted by atomic mass is 19.1. The summed E-state index contributed by atoms with van der Waals surface area (Å²) in [6.45, 7) is 3.30. The Balaban J connectivity index is 3.20. The van der Waals surface area contributed by atoms with Gasteiger partial charge in [-0.1, -0.05) is 0 Å². The molecule has 0 N–H and O–H groups in total. The fourth-order valence-electron chi connectivity index (χ4n) is 0.976. The number of anilines is 1. The first-order chi connectivity index (χ1) is 6.06. The zero-order chi connectivity index (χ0) is 10.0. The monoisotopic (exact) mass is 185 g/mol. The minimum absolute atomic E-state index is 0.160. The van der Waals surface area contributed by atoms with Crippen molar-refractivity contribution < 1.29 is 9.23 Å². The molecule has 0 bridgehead atoms. The number of hydrogen-bond donors (Lipinski definition) is 0. The summed E-state index contributed by atoms with van der Waals surface area (Å²) in [6.07, 6.45) is 0. The van der Waals surface area contributed by atoms with Crippen LogP contribution in [0.1, 0.15) is 11.5 Å². The predicted octanol–water partition coefficient (Wildman–Crippen LogP) is 1.23. The summed E-state index contributed by atoms with van der Waals surface area (Å²) in [5.74, 6) is 0.236. The van der Waals surface area contributed by atoms with Gasteiger partial charge in [-0.05, 0) is 13.8 Å². The molecule has 1 rings (SSSR count). The fraction of sp³-hybridized carbons (Fsp3) is 0.500. The number of halogens is 1. The second-order valence-corrected chi connectivity index (χ2v) is 2.67. The molecule has 72 valence electrons. The van der Waals surface area contributed by atoms with Crippen molar-refractivity contribution in [1.29, 1.82) is 0 Å². The molecule has 0 unspecified atom stereocenters. The topological polar surface area (TPSA) is 38.2 Å². The van der Waals surface area contributed by atoms with Gasteiger partial charge in [-0.25, -0.2) is 19.4 Å². The maximum Gasteiger partial charge on any atom is 0.192 e. The van der Waals surface area contributed by atoms with Crippen molar-refractivity contribution in [2.75, 3.05) is 19.2 Å².